The van der Waals surface area contributed by atoms with Crippen molar-refractivity contribution in [3.63, 3.8) is 0 Å². The quantitative estimate of drug-likeness (QED) is 0.167. The van der Waals surface area contributed by atoms with Gasteiger partial charge in [0, 0.05) is 44.4 Å². The molecule has 0 amide bonds. The van der Waals surface area contributed by atoms with E-state index in [0.717, 1.165) is 55.7 Å². The van der Waals surface area contributed by atoms with Gasteiger partial charge in [-0.3, -0.25) is 0 Å². The maximum absolute atomic E-state index is 7.05. The lowest BCUT2D eigenvalue weighted by Gasteiger charge is -2.34. The summed E-state index contributed by atoms with van der Waals surface area (Å²) in [7, 11) is 0. The fraction of sp³-hybridized carbons (Fsp3) is 0.0169. The van der Waals surface area contributed by atoms with E-state index in [-0.39, 0.29) is 0 Å². The molecular formula is C59H38N2O. The van der Waals surface area contributed by atoms with Gasteiger partial charge in [-0.25, -0.2) is 0 Å². The van der Waals surface area contributed by atoms with Crippen molar-refractivity contribution in [1.29, 1.82) is 0 Å². The maximum atomic E-state index is 7.05. The van der Waals surface area contributed by atoms with Crippen LogP contribution in [0, 0.1) is 0 Å². The SMILES string of the molecule is c1ccc(C2(c3ccccc3)c3ccccc3-c3cc(N(c4ccc5c(c4)oc4c(-n6c7ccccc7c7ccccc76)cccc45)c4cccc5ccccc45)ccc32)cc1. The monoisotopic (exact) mass is 790 g/mol. The first-order valence-electron chi connectivity index (χ1n) is 21.3. The number of fused-ring (bicyclic) bond motifs is 10. The van der Waals surface area contributed by atoms with E-state index in [1.165, 1.54) is 54.9 Å². The summed E-state index contributed by atoms with van der Waals surface area (Å²) in [5, 5.41) is 7.00. The van der Waals surface area contributed by atoms with Gasteiger partial charge in [-0.15, -0.1) is 0 Å². The summed E-state index contributed by atoms with van der Waals surface area (Å²) in [6.45, 7) is 0. The van der Waals surface area contributed by atoms with Gasteiger partial charge in [-0.1, -0.05) is 176 Å². The summed E-state index contributed by atoms with van der Waals surface area (Å²) in [5.74, 6) is 0. The Balaban J connectivity index is 1.04. The van der Waals surface area contributed by atoms with Crippen molar-refractivity contribution in [1.82, 2.24) is 4.57 Å². The molecule has 3 heteroatoms. The zero-order valence-electron chi connectivity index (χ0n) is 33.7. The third-order valence-electron chi connectivity index (χ3n) is 13.2. The zero-order valence-corrected chi connectivity index (χ0v) is 33.7. The highest BCUT2D eigenvalue weighted by Crippen LogP contribution is 2.57. The average molecular weight is 791 g/mol. The zero-order chi connectivity index (χ0) is 40.8. The summed E-state index contributed by atoms with van der Waals surface area (Å²) in [6, 6.07) is 83.9. The highest BCUT2D eigenvalue weighted by atomic mass is 16.3. The van der Waals surface area contributed by atoms with Gasteiger partial charge in [0.1, 0.15) is 5.58 Å². The molecule has 0 atom stereocenters. The Morgan fingerprint density at radius 3 is 1.71 bits per heavy atom. The fourth-order valence-corrected chi connectivity index (χ4v) is 10.7. The van der Waals surface area contributed by atoms with Crippen molar-refractivity contribution >= 4 is 71.6 Å². The van der Waals surface area contributed by atoms with Crippen LogP contribution in [-0.2, 0) is 5.41 Å². The number of aromatic nitrogens is 1. The second-order valence-corrected chi connectivity index (χ2v) is 16.4. The van der Waals surface area contributed by atoms with Crippen molar-refractivity contribution in [2.24, 2.45) is 0 Å². The molecule has 290 valence electrons. The predicted molar refractivity (Wildman–Crippen MR) is 258 cm³/mol. The van der Waals surface area contributed by atoms with Crippen LogP contribution in [0.4, 0.5) is 17.1 Å². The van der Waals surface area contributed by atoms with Gasteiger partial charge in [0.05, 0.1) is 27.8 Å². The standard InChI is InChI=1S/C59H38N2O/c1-3-19-40(20-4-1)59(41-21-5-2-6-22-41)51-28-12-9-24-45(51)50-37-42(34-36-52(50)59)60(53-31-15-18-39-17-7-8-23-44(39)53)43-33-35-48-49-27-16-32-56(58(49)62-57(48)38-43)61-54-29-13-10-25-46(54)47-26-11-14-30-55(47)61/h1-38H. The molecule has 0 unspecified atom stereocenters. The number of furan rings is 1. The molecule has 2 heterocycles. The number of benzene rings is 10. The van der Waals surface area contributed by atoms with Gasteiger partial charge in [0.15, 0.2) is 5.58 Å². The highest BCUT2D eigenvalue weighted by molar-refractivity contribution is 6.13. The van der Waals surface area contributed by atoms with Gasteiger partial charge in [-0.05, 0) is 87.3 Å². The molecule has 12 aromatic rings. The normalized spacial score (nSPS) is 13.0. The lowest BCUT2D eigenvalue weighted by Crippen LogP contribution is -2.28. The lowest BCUT2D eigenvalue weighted by atomic mass is 9.68. The number of hydrogen-bond donors (Lipinski definition) is 0. The second kappa shape index (κ2) is 13.4. The summed E-state index contributed by atoms with van der Waals surface area (Å²) in [5.41, 5.74) is 15.4. The van der Waals surface area contributed by atoms with Crippen LogP contribution in [0.5, 0.6) is 0 Å². The molecule has 0 saturated heterocycles. The van der Waals surface area contributed by atoms with Crippen molar-refractivity contribution in [2.75, 3.05) is 4.90 Å². The molecule has 13 rings (SSSR count). The largest absolute Gasteiger partial charge is 0.454 e. The molecule has 1 aliphatic carbocycles. The summed E-state index contributed by atoms with van der Waals surface area (Å²) in [6.07, 6.45) is 0. The highest BCUT2D eigenvalue weighted by Gasteiger charge is 2.46. The van der Waals surface area contributed by atoms with Gasteiger partial charge >= 0.3 is 0 Å². The molecule has 62 heavy (non-hydrogen) atoms. The minimum absolute atomic E-state index is 0.474. The Bertz CT molecular complexity index is 3610. The van der Waals surface area contributed by atoms with Gasteiger partial charge in [-0.2, -0.15) is 0 Å². The Labute approximate surface area is 359 Å². The first-order chi connectivity index (χ1) is 30.8. The maximum Gasteiger partial charge on any atom is 0.159 e. The molecule has 0 N–H and O–H groups in total. The Morgan fingerprint density at radius 2 is 0.952 bits per heavy atom. The molecule has 0 spiro atoms. The Morgan fingerprint density at radius 1 is 0.387 bits per heavy atom. The lowest BCUT2D eigenvalue weighted by molar-refractivity contribution is 0.666. The van der Waals surface area contributed by atoms with Crippen molar-refractivity contribution in [3.8, 4) is 16.8 Å². The van der Waals surface area contributed by atoms with E-state index in [4.69, 9.17) is 4.42 Å². The van der Waals surface area contributed by atoms with Crippen LogP contribution in [0.1, 0.15) is 22.3 Å². The molecule has 2 aromatic heterocycles. The van der Waals surface area contributed by atoms with E-state index >= 15 is 0 Å². The van der Waals surface area contributed by atoms with Crippen LogP contribution >= 0.6 is 0 Å². The second-order valence-electron chi connectivity index (χ2n) is 16.4. The minimum atomic E-state index is -0.474. The molecule has 0 aliphatic heterocycles. The van der Waals surface area contributed by atoms with Crippen LogP contribution < -0.4 is 4.90 Å². The van der Waals surface area contributed by atoms with E-state index in [9.17, 15) is 0 Å². The van der Waals surface area contributed by atoms with Gasteiger partial charge < -0.3 is 13.9 Å². The van der Waals surface area contributed by atoms with E-state index in [1.807, 2.05) is 0 Å². The Kier molecular flexibility index (Phi) is 7.52. The van der Waals surface area contributed by atoms with E-state index in [2.05, 4.69) is 240 Å². The summed E-state index contributed by atoms with van der Waals surface area (Å²) in [4.78, 5) is 2.41. The first-order valence-corrected chi connectivity index (χ1v) is 21.3. The third-order valence-corrected chi connectivity index (χ3v) is 13.2. The molecular weight excluding hydrogens is 753 g/mol. The van der Waals surface area contributed by atoms with E-state index < -0.39 is 5.41 Å². The summed E-state index contributed by atoms with van der Waals surface area (Å²) < 4.78 is 9.41. The molecule has 1 aliphatic rings. The van der Waals surface area contributed by atoms with Crippen molar-refractivity contribution < 1.29 is 4.42 Å². The first kappa shape index (κ1) is 34.7. The topological polar surface area (TPSA) is 21.3 Å². The van der Waals surface area contributed by atoms with E-state index in [0.29, 0.717) is 0 Å². The molecule has 10 aromatic carbocycles. The molecule has 0 radical (unpaired) electrons. The minimum Gasteiger partial charge on any atom is -0.454 e. The predicted octanol–water partition coefficient (Wildman–Crippen LogP) is 15.7. The number of rotatable bonds is 6. The number of para-hydroxylation sites is 3. The third kappa shape index (κ3) is 4.88. The van der Waals surface area contributed by atoms with Crippen LogP contribution in [0.15, 0.2) is 235 Å². The van der Waals surface area contributed by atoms with Crippen LogP contribution in [-0.4, -0.2) is 4.57 Å². The van der Waals surface area contributed by atoms with Crippen LogP contribution in [0.3, 0.4) is 0 Å². The van der Waals surface area contributed by atoms with Gasteiger partial charge in [0.25, 0.3) is 0 Å². The molecule has 0 bridgehead atoms. The summed E-state index contributed by atoms with van der Waals surface area (Å²) >= 11 is 0. The average Bonchev–Trinajstić information content (AvgIpc) is 3.98. The van der Waals surface area contributed by atoms with Crippen LogP contribution in [0.2, 0.25) is 0 Å². The van der Waals surface area contributed by atoms with E-state index in [1.54, 1.807) is 0 Å². The van der Waals surface area contributed by atoms with Crippen molar-refractivity contribution in [3.05, 3.63) is 253 Å². The number of hydrogen-bond acceptors (Lipinski definition) is 2. The van der Waals surface area contributed by atoms with Crippen molar-refractivity contribution in [2.45, 2.75) is 5.41 Å². The number of nitrogens with zero attached hydrogens (tertiary/aromatic N) is 2. The Hall–Kier alpha value is -8.14. The smallest absolute Gasteiger partial charge is 0.159 e. The molecule has 0 fully saturated rings. The van der Waals surface area contributed by atoms with Gasteiger partial charge in [0.2, 0.25) is 0 Å². The van der Waals surface area contributed by atoms with Crippen LogP contribution in [0.25, 0.3) is 71.3 Å². The molecule has 0 saturated carbocycles. The molecule has 3 nitrogen and oxygen atoms in total. The number of anilines is 3. The fourth-order valence-electron chi connectivity index (χ4n) is 10.7.